The summed E-state index contributed by atoms with van der Waals surface area (Å²) in [5, 5.41) is 1.92. The van der Waals surface area contributed by atoms with Crippen LogP contribution >= 0.6 is 11.3 Å². The van der Waals surface area contributed by atoms with E-state index in [-0.39, 0.29) is 0 Å². The SMILES string of the molecule is Fc1cc(F)cc(-c2cncnc2-c2cccs2)c1. The van der Waals surface area contributed by atoms with Gasteiger partial charge in [-0.25, -0.2) is 18.7 Å². The maximum Gasteiger partial charge on any atom is 0.126 e. The van der Waals surface area contributed by atoms with Crippen LogP contribution < -0.4 is 0 Å². The molecule has 0 atom stereocenters. The van der Waals surface area contributed by atoms with Gasteiger partial charge in [-0.2, -0.15) is 0 Å². The molecule has 0 spiro atoms. The van der Waals surface area contributed by atoms with E-state index >= 15 is 0 Å². The summed E-state index contributed by atoms with van der Waals surface area (Å²) in [5.74, 6) is -1.23. The highest BCUT2D eigenvalue weighted by Gasteiger charge is 2.11. The summed E-state index contributed by atoms with van der Waals surface area (Å²) in [5.41, 5.74) is 1.72. The highest BCUT2D eigenvalue weighted by Crippen LogP contribution is 2.32. The Balaban J connectivity index is 2.20. The maximum atomic E-state index is 13.3. The first kappa shape index (κ1) is 11.9. The lowest BCUT2D eigenvalue weighted by atomic mass is 10.0. The Morgan fingerprint density at radius 3 is 2.53 bits per heavy atom. The zero-order chi connectivity index (χ0) is 13.2. The van der Waals surface area contributed by atoms with E-state index in [1.54, 1.807) is 6.20 Å². The second kappa shape index (κ2) is 4.85. The van der Waals surface area contributed by atoms with Gasteiger partial charge in [0, 0.05) is 17.8 Å². The van der Waals surface area contributed by atoms with Crippen molar-refractivity contribution in [1.29, 1.82) is 0 Å². The second-order valence-electron chi connectivity index (χ2n) is 3.92. The second-order valence-corrected chi connectivity index (χ2v) is 4.87. The topological polar surface area (TPSA) is 25.8 Å². The van der Waals surface area contributed by atoms with Crippen molar-refractivity contribution >= 4 is 11.3 Å². The Hall–Kier alpha value is -2.14. The molecule has 0 radical (unpaired) electrons. The summed E-state index contributed by atoms with van der Waals surface area (Å²) in [6, 6.07) is 7.21. The van der Waals surface area contributed by atoms with E-state index in [2.05, 4.69) is 9.97 Å². The van der Waals surface area contributed by atoms with Crippen molar-refractivity contribution in [2.45, 2.75) is 0 Å². The smallest absolute Gasteiger partial charge is 0.126 e. The molecule has 2 nitrogen and oxygen atoms in total. The minimum Gasteiger partial charge on any atom is -0.244 e. The molecule has 3 rings (SSSR count). The van der Waals surface area contributed by atoms with E-state index in [4.69, 9.17) is 0 Å². The minimum atomic E-state index is -0.615. The normalized spacial score (nSPS) is 10.6. The highest BCUT2D eigenvalue weighted by molar-refractivity contribution is 7.13. The van der Waals surface area contributed by atoms with Crippen LogP contribution in [-0.2, 0) is 0 Å². The first-order valence-corrected chi connectivity index (χ1v) is 6.42. The predicted molar refractivity (Wildman–Crippen MR) is 70.7 cm³/mol. The maximum absolute atomic E-state index is 13.3. The van der Waals surface area contributed by atoms with Crippen molar-refractivity contribution in [2.24, 2.45) is 0 Å². The van der Waals surface area contributed by atoms with Crippen molar-refractivity contribution in [3.05, 3.63) is 59.9 Å². The van der Waals surface area contributed by atoms with E-state index in [1.165, 1.54) is 29.8 Å². The lowest BCUT2D eigenvalue weighted by Gasteiger charge is -2.06. The highest BCUT2D eigenvalue weighted by atomic mass is 32.1. The molecule has 2 aromatic heterocycles. The monoisotopic (exact) mass is 274 g/mol. The van der Waals surface area contributed by atoms with Gasteiger partial charge in [0.1, 0.15) is 18.0 Å². The summed E-state index contributed by atoms with van der Waals surface area (Å²) in [4.78, 5) is 9.08. The fourth-order valence-electron chi connectivity index (χ4n) is 1.86. The first-order valence-electron chi connectivity index (χ1n) is 5.54. The van der Waals surface area contributed by atoms with Crippen LogP contribution in [0.5, 0.6) is 0 Å². The zero-order valence-electron chi connectivity index (χ0n) is 9.68. The van der Waals surface area contributed by atoms with Crippen LogP contribution in [0.3, 0.4) is 0 Å². The number of nitrogens with zero attached hydrogens (tertiary/aromatic N) is 2. The number of aromatic nitrogens is 2. The molecular formula is C14H8F2N2S. The third-order valence-corrected chi connectivity index (χ3v) is 3.52. The van der Waals surface area contributed by atoms with Crippen molar-refractivity contribution in [3.8, 4) is 21.7 Å². The molecule has 0 saturated heterocycles. The zero-order valence-corrected chi connectivity index (χ0v) is 10.5. The lowest BCUT2D eigenvalue weighted by Crippen LogP contribution is -1.91. The van der Waals surface area contributed by atoms with Crippen LogP contribution in [0.2, 0.25) is 0 Å². The quantitative estimate of drug-likeness (QED) is 0.701. The van der Waals surface area contributed by atoms with E-state index in [0.29, 0.717) is 16.8 Å². The molecule has 0 N–H and O–H groups in total. The summed E-state index contributed by atoms with van der Waals surface area (Å²) < 4.78 is 26.6. The van der Waals surface area contributed by atoms with Gasteiger partial charge in [-0.05, 0) is 29.1 Å². The Bertz CT molecular complexity index is 691. The molecule has 0 amide bonds. The summed E-state index contributed by atoms with van der Waals surface area (Å²) in [6.07, 6.45) is 2.99. The molecule has 0 saturated carbocycles. The third kappa shape index (κ3) is 2.37. The molecule has 0 aliphatic heterocycles. The van der Waals surface area contributed by atoms with E-state index in [1.807, 2.05) is 17.5 Å². The van der Waals surface area contributed by atoms with Crippen LogP contribution in [0, 0.1) is 11.6 Å². The molecule has 0 aliphatic carbocycles. The van der Waals surface area contributed by atoms with Crippen LogP contribution in [0.25, 0.3) is 21.7 Å². The Labute approximate surface area is 112 Å². The summed E-state index contributed by atoms with van der Waals surface area (Å²) >= 11 is 1.52. The van der Waals surface area contributed by atoms with Gasteiger partial charge in [-0.3, -0.25) is 0 Å². The average Bonchev–Trinajstić information content (AvgIpc) is 2.91. The largest absolute Gasteiger partial charge is 0.244 e. The van der Waals surface area contributed by atoms with Gasteiger partial charge >= 0.3 is 0 Å². The molecule has 19 heavy (non-hydrogen) atoms. The number of benzene rings is 1. The van der Waals surface area contributed by atoms with Crippen LogP contribution in [0.1, 0.15) is 0 Å². The molecule has 0 unspecified atom stereocenters. The van der Waals surface area contributed by atoms with E-state index < -0.39 is 11.6 Å². The number of rotatable bonds is 2. The standard InChI is InChI=1S/C14H8F2N2S/c15-10-4-9(5-11(16)6-10)12-7-17-8-18-14(12)13-2-1-3-19-13/h1-8H. The molecule has 5 heteroatoms. The van der Waals surface area contributed by atoms with E-state index in [0.717, 1.165) is 10.9 Å². The Morgan fingerprint density at radius 2 is 1.84 bits per heavy atom. The van der Waals surface area contributed by atoms with Crippen molar-refractivity contribution < 1.29 is 8.78 Å². The molecule has 1 aromatic carbocycles. The van der Waals surface area contributed by atoms with Gasteiger partial charge in [-0.1, -0.05) is 6.07 Å². The lowest BCUT2D eigenvalue weighted by molar-refractivity contribution is 0.584. The fraction of sp³-hybridized carbons (Fsp3) is 0. The predicted octanol–water partition coefficient (Wildman–Crippen LogP) is 4.15. The van der Waals surface area contributed by atoms with Crippen LogP contribution in [-0.4, -0.2) is 9.97 Å². The Morgan fingerprint density at radius 1 is 1.05 bits per heavy atom. The third-order valence-electron chi connectivity index (χ3n) is 2.64. The summed E-state index contributed by atoms with van der Waals surface area (Å²) in [7, 11) is 0. The van der Waals surface area contributed by atoms with Gasteiger partial charge in [-0.15, -0.1) is 11.3 Å². The molecule has 0 fully saturated rings. The first-order chi connectivity index (χ1) is 9.24. The number of hydrogen-bond donors (Lipinski definition) is 0. The van der Waals surface area contributed by atoms with Crippen molar-refractivity contribution in [1.82, 2.24) is 9.97 Å². The van der Waals surface area contributed by atoms with Gasteiger partial charge in [0.2, 0.25) is 0 Å². The van der Waals surface area contributed by atoms with Gasteiger partial charge in [0.15, 0.2) is 0 Å². The molecule has 0 bridgehead atoms. The summed E-state index contributed by atoms with van der Waals surface area (Å²) in [6.45, 7) is 0. The van der Waals surface area contributed by atoms with Crippen LogP contribution in [0.4, 0.5) is 8.78 Å². The van der Waals surface area contributed by atoms with Crippen molar-refractivity contribution in [2.75, 3.05) is 0 Å². The van der Waals surface area contributed by atoms with Crippen LogP contribution in [0.15, 0.2) is 48.2 Å². The number of halogens is 2. The van der Waals surface area contributed by atoms with Gasteiger partial charge < -0.3 is 0 Å². The molecule has 0 aliphatic rings. The fourth-order valence-corrected chi connectivity index (χ4v) is 2.60. The van der Waals surface area contributed by atoms with Gasteiger partial charge in [0.25, 0.3) is 0 Å². The molecular weight excluding hydrogens is 266 g/mol. The molecule has 94 valence electrons. The minimum absolute atomic E-state index is 0.432. The molecule has 2 heterocycles. The van der Waals surface area contributed by atoms with Crippen molar-refractivity contribution in [3.63, 3.8) is 0 Å². The number of hydrogen-bond acceptors (Lipinski definition) is 3. The van der Waals surface area contributed by atoms with E-state index in [9.17, 15) is 8.78 Å². The van der Waals surface area contributed by atoms with Gasteiger partial charge in [0.05, 0.1) is 10.6 Å². The number of thiophene rings is 1. The Kier molecular flexibility index (Phi) is 3.05. The average molecular weight is 274 g/mol. The molecule has 3 aromatic rings.